The molecule has 0 radical (unpaired) electrons. The second-order valence-electron chi connectivity index (χ2n) is 8.41. The molecule has 180 valence electrons. The number of urea groups is 1. The van der Waals surface area contributed by atoms with E-state index >= 15 is 0 Å². The van der Waals surface area contributed by atoms with Crippen molar-refractivity contribution < 1.29 is 23.8 Å². The van der Waals surface area contributed by atoms with Crippen LogP contribution in [0.5, 0.6) is 11.5 Å². The van der Waals surface area contributed by atoms with Crippen LogP contribution in [0.15, 0.2) is 66.7 Å². The second-order valence-corrected chi connectivity index (χ2v) is 8.41. The number of methoxy groups -OCH3 is 2. The molecule has 2 aliphatic heterocycles. The van der Waals surface area contributed by atoms with E-state index in [1.54, 1.807) is 25.2 Å². The molecule has 1 saturated heterocycles. The SMILES string of the molecule is COc1cc2c(cc1OC)C(c1ccccc1)N(C(=O)Nc1cccc(N3CCOC3=O)c1)CC2. The summed E-state index contributed by atoms with van der Waals surface area (Å²) in [4.78, 5) is 28.9. The molecule has 1 atom stereocenters. The van der Waals surface area contributed by atoms with Crippen molar-refractivity contribution in [2.24, 2.45) is 0 Å². The Kier molecular flexibility index (Phi) is 6.18. The maximum absolute atomic E-state index is 13.6. The van der Waals surface area contributed by atoms with Gasteiger partial charge in [0, 0.05) is 17.9 Å². The molecule has 2 aliphatic rings. The molecule has 3 aromatic carbocycles. The molecule has 1 fully saturated rings. The fourth-order valence-corrected chi connectivity index (χ4v) is 4.73. The summed E-state index contributed by atoms with van der Waals surface area (Å²) >= 11 is 0. The number of nitrogens with one attached hydrogen (secondary N) is 1. The van der Waals surface area contributed by atoms with Crippen molar-refractivity contribution in [3.63, 3.8) is 0 Å². The highest BCUT2D eigenvalue weighted by Crippen LogP contribution is 2.41. The van der Waals surface area contributed by atoms with E-state index in [1.807, 2.05) is 65.6 Å². The molecule has 3 amide bonds. The van der Waals surface area contributed by atoms with Gasteiger partial charge in [-0.2, -0.15) is 0 Å². The summed E-state index contributed by atoms with van der Waals surface area (Å²) in [7, 11) is 3.23. The standard InChI is InChI=1S/C27H27N3O5/c1-33-23-15-19-11-12-30(25(18-7-4-3-5-8-18)22(19)17-24(23)34-2)26(31)28-20-9-6-10-21(16-20)29-13-14-35-27(29)32/h3-10,15-17,25H,11-14H2,1-2H3,(H,28,31). The summed E-state index contributed by atoms with van der Waals surface area (Å²) in [6.07, 6.45) is 0.307. The topological polar surface area (TPSA) is 80.3 Å². The number of hydrogen-bond acceptors (Lipinski definition) is 5. The molecular weight excluding hydrogens is 446 g/mol. The Morgan fingerprint density at radius 3 is 2.46 bits per heavy atom. The van der Waals surface area contributed by atoms with Crippen molar-refractivity contribution in [1.29, 1.82) is 0 Å². The molecule has 0 aliphatic carbocycles. The summed E-state index contributed by atoms with van der Waals surface area (Å²) < 4.78 is 16.1. The van der Waals surface area contributed by atoms with Crippen molar-refractivity contribution in [1.82, 2.24) is 4.90 Å². The zero-order valence-corrected chi connectivity index (χ0v) is 19.7. The van der Waals surface area contributed by atoms with Crippen LogP contribution in [0.2, 0.25) is 0 Å². The lowest BCUT2D eigenvalue weighted by Gasteiger charge is -2.38. The lowest BCUT2D eigenvalue weighted by atomic mass is 9.88. The Balaban J connectivity index is 1.47. The fraction of sp³-hybridized carbons (Fsp3) is 0.259. The third kappa shape index (κ3) is 4.35. The average Bonchev–Trinajstić information content (AvgIpc) is 3.33. The lowest BCUT2D eigenvalue weighted by Crippen LogP contribution is -2.43. The van der Waals surface area contributed by atoms with Gasteiger partial charge in [0.15, 0.2) is 11.5 Å². The minimum atomic E-state index is -0.380. The molecular formula is C27H27N3O5. The molecule has 0 bridgehead atoms. The number of carbonyl (C=O) groups excluding carboxylic acids is 2. The maximum atomic E-state index is 13.6. The Labute approximate surface area is 204 Å². The quantitative estimate of drug-likeness (QED) is 0.574. The minimum Gasteiger partial charge on any atom is -0.493 e. The van der Waals surface area contributed by atoms with Gasteiger partial charge in [-0.3, -0.25) is 4.90 Å². The van der Waals surface area contributed by atoms with Gasteiger partial charge in [-0.25, -0.2) is 9.59 Å². The monoisotopic (exact) mass is 473 g/mol. The first-order valence-corrected chi connectivity index (χ1v) is 11.5. The molecule has 0 saturated carbocycles. The van der Waals surface area contributed by atoms with Crippen LogP contribution < -0.4 is 19.7 Å². The molecule has 1 N–H and O–H groups in total. The summed E-state index contributed by atoms with van der Waals surface area (Å²) in [5.74, 6) is 1.30. The minimum absolute atomic E-state index is 0.222. The number of rotatable bonds is 5. The Hall–Kier alpha value is -4.20. The highest BCUT2D eigenvalue weighted by molar-refractivity contribution is 5.93. The smallest absolute Gasteiger partial charge is 0.414 e. The van der Waals surface area contributed by atoms with Crippen LogP contribution in [0.1, 0.15) is 22.7 Å². The van der Waals surface area contributed by atoms with E-state index in [0.29, 0.717) is 49.0 Å². The molecule has 2 heterocycles. The van der Waals surface area contributed by atoms with Crippen LogP contribution in [0, 0.1) is 0 Å². The van der Waals surface area contributed by atoms with Gasteiger partial charge in [0.2, 0.25) is 0 Å². The van der Waals surface area contributed by atoms with Crippen LogP contribution in [-0.2, 0) is 11.2 Å². The van der Waals surface area contributed by atoms with Gasteiger partial charge in [-0.05, 0) is 53.4 Å². The first-order valence-electron chi connectivity index (χ1n) is 11.5. The van der Waals surface area contributed by atoms with Gasteiger partial charge in [-0.15, -0.1) is 0 Å². The number of ether oxygens (including phenoxy) is 3. The number of cyclic esters (lactones) is 1. The van der Waals surface area contributed by atoms with Crippen LogP contribution in [-0.4, -0.2) is 50.9 Å². The third-order valence-corrected chi connectivity index (χ3v) is 6.42. The Morgan fingerprint density at radius 2 is 1.74 bits per heavy atom. The zero-order chi connectivity index (χ0) is 24.4. The van der Waals surface area contributed by atoms with E-state index in [-0.39, 0.29) is 18.2 Å². The summed E-state index contributed by atoms with van der Waals surface area (Å²) in [5.41, 5.74) is 4.42. The first kappa shape index (κ1) is 22.6. The van der Waals surface area contributed by atoms with E-state index in [2.05, 4.69) is 5.32 Å². The second kappa shape index (κ2) is 9.58. The van der Waals surface area contributed by atoms with Crippen LogP contribution >= 0.6 is 0 Å². The molecule has 35 heavy (non-hydrogen) atoms. The van der Waals surface area contributed by atoms with Crippen LogP contribution in [0.3, 0.4) is 0 Å². The number of benzene rings is 3. The predicted octanol–water partition coefficient (Wildman–Crippen LogP) is 4.84. The molecule has 0 aromatic heterocycles. The number of hydrogen-bond donors (Lipinski definition) is 1. The van der Waals surface area contributed by atoms with Gasteiger partial charge in [0.05, 0.1) is 26.8 Å². The maximum Gasteiger partial charge on any atom is 0.414 e. The largest absolute Gasteiger partial charge is 0.493 e. The number of anilines is 2. The van der Waals surface area contributed by atoms with Crippen LogP contribution in [0.4, 0.5) is 21.0 Å². The lowest BCUT2D eigenvalue weighted by molar-refractivity contribution is 0.181. The highest BCUT2D eigenvalue weighted by atomic mass is 16.6. The molecule has 8 heteroatoms. The van der Waals surface area contributed by atoms with Gasteiger partial charge in [0.1, 0.15) is 6.61 Å². The number of amides is 3. The van der Waals surface area contributed by atoms with Crippen molar-refractivity contribution in [2.45, 2.75) is 12.5 Å². The Bertz CT molecular complexity index is 1250. The third-order valence-electron chi connectivity index (χ3n) is 6.42. The molecule has 0 spiro atoms. The van der Waals surface area contributed by atoms with E-state index in [1.165, 1.54) is 0 Å². The van der Waals surface area contributed by atoms with Crippen molar-refractivity contribution in [2.75, 3.05) is 44.1 Å². The molecule has 8 nitrogen and oxygen atoms in total. The van der Waals surface area contributed by atoms with E-state index in [0.717, 1.165) is 16.7 Å². The van der Waals surface area contributed by atoms with E-state index in [9.17, 15) is 9.59 Å². The van der Waals surface area contributed by atoms with Crippen molar-refractivity contribution in [3.05, 3.63) is 83.4 Å². The number of nitrogens with zero attached hydrogens (tertiary/aromatic N) is 2. The zero-order valence-electron chi connectivity index (χ0n) is 19.7. The van der Waals surface area contributed by atoms with Gasteiger partial charge < -0.3 is 24.4 Å². The van der Waals surface area contributed by atoms with E-state index in [4.69, 9.17) is 14.2 Å². The fourth-order valence-electron chi connectivity index (χ4n) is 4.73. The normalized spacial score (nSPS) is 17.0. The van der Waals surface area contributed by atoms with Gasteiger partial charge in [0.25, 0.3) is 0 Å². The predicted molar refractivity (Wildman–Crippen MR) is 132 cm³/mol. The first-order chi connectivity index (χ1) is 17.1. The number of fused-ring (bicyclic) bond motifs is 1. The van der Waals surface area contributed by atoms with Gasteiger partial charge >= 0.3 is 12.1 Å². The van der Waals surface area contributed by atoms with Crippen molar-refractivity contribution >= 4 is 23.5 Å². The molecule has 5 rings (SSSR count). The summed E-state index contributed by atoms with van der Waals surface area (Å²) in [6, 6.07) is 20.6. The average molecular weight is 474 g/mol. The highest BCUT2D eigenvalue weighted by Gasteiger charge is 2.33. The van der Waals surface area contributed by atoms with Crippen LogP contribution in [0.25, 0.3) is 0 Å². The van der Waals surface area contributed by atoms with E-state index < -0.39 is 0 Å². The van der Waals surface area contributed by atoms with Crippen molar-refractivity contribution in [3.8, 4) is 11.5 Å². The summed E-state index contributed by atoms with van der Waals surface area (Å²) in [6.45, 7) is 1.38. The number of carbonyl (C=O) groups is 2. The summed E-state index contributed by atoms with van der Waals surface area (Å²) in [5, 5.41) is 3.02. The Morgan fingerprint density at radius 1 is 0.971 bits per heavy atom. The molecule has 3 aromatic rings. The van der Waals surface area contributed by atoms with Gasteiger partial charge in [-0.1, -0.05) is 36.4 Å². The molecule has 1 unspecified atom stereocenters.